The highest BCUT2D eigenvalue weighted by atomic mass is 16.4. The second-order valence-corrected chi connectivity index (χ2v) is 26.2. The Kier molecular flexibility index (Phi) is 31.4. The number of aliphatic carboxylic acids is 2. The van der Waals surface area contributed by atoms with Gasteiger partial charge in [0.05, 0.1) is 50.6 Å². The molecule has 20 N–H and O–H groups in total. The van der Waals surface area contributed by atoms with Crippen LogP contribution in [0, 0.1) is 6.92 Å². The van der Waals surface area contributed by atoms with Crippen molar-refractivity contribution >= 4 is 76.9 Å². The number of nitrogens with two attached hydrogens (primary N) is 2. The minimum absolute atomic E-state index is 0.0204. The number of rotatable bonds is 40. The number of primary amides is 1. The third kappa shape index (κ3) is 25.2. The number of hydrogen-bond donors (Lipinski definition) is 18. The van der Waals surface area contributed by atoms with Crippen molar-refractivity contribution in [3.8, 4) is 22.3 Å². The minimum Gasteiger partial charge on any atom is -0.481 e. The molecule has 6 aromatic rings. The smallest absolute Gasteiger partial charge is 0.305 e. The molecule has 11 amide bonds. The summed E-state index contributed by atoms with van der Waals surface area (Å²) in [4.78, 5) is 183. The largest absolute Gasteiger partial charge is 0.481 e. The average molecular weight is 1480 g/mol. The van der Waals surface area contributed by atoms with Crippen molar-refractivity contribution in [2.45, 2.75) is 172 Å². The first-order chi connectivity index (χ1) is 50.7. The number of hydrogen-bond acceptors (Lipinski definition) is 18. The summed E-state index contributed by atoms with van der Waals surface area (Å²) in [6.07, 6.45) is -2.05. The van der Waals surface area contributed by atoms with Crippen LogP contribution in [0.15, 0.2) is 134 Å². The molecule has 572 valence electrons. The van der Waals surface area contributed by atoms with Crippen molar-refractivity contribution in [2.75, 3.05) is 13.2 Å². The lowest BCUT2D eigenvalue weighted by Gasteiger charge is -2.34. The van der Waals surface area contributed by atoms with Gasteiger partial charge in [0.1, 0.15) is 53.9 Å². The summed E-state index contributed by atoms with van der Waals surface area (Å²) in [7, 11) is 0. The zero-order valence-electron chi connectivity index (χ0n) is 60.3. The van der Waals surface area contributed by atoms with Gasteiger partial charge in [0.25, 0.3) is 0 Å². The lowest BCUT2D eigenvalue weighted by molar-refractivity contribution is -0.142. The van der Waals surface area contributed by atoms with Crippen LogP contribution < -0.4 is 64.6 Å². The van der Waals surface area contributed by atoms with Crippen LogP contribution in [-0.4, -0.2) is 198 Å². The molecule has 1 aromatic heterocycles. The number of imidazole rings is 1. The molecule has 5 aromatic carbocycles. The molecule has 32 heteroatoms. The van der Waals surface area contributed by atoms with Crippen LogP contribution in [-0.2, 0) is 101 Å². The molecular formula is C75H94N14O18. The van der Waals surface area contributed by atoms with Crippen molar-refractivity contribution < 1.29 is 87.9 Å². The Labute approximate surface area is 617 Å². The maximum absolute atomic E-state index is 14.6. The van der Waals surface area contributed by atoms with Crippen molar-refractivity contribution in [1.82, 2.24) is 63.1 Å². The van der Waals surface area contributed by atoms with Gasteiger partial charge < -0.3 is 95.2 Å². The van der Waals surface area contributed by atoms with Crippen LogP contribution in [0.3, 0.4) is 0 Å². The fraction of sp³-hybridized carbons (Fsp3) is 0.387. The summed E-state index contributed by atoms with van der Waals surface area (Å²) in [6.45, 7) is 8.39. The Morgan fingerprint density at radius 1 is 0.523 bits per heavy atom. The Morgan fingerprint density at radius 3 is 1.59 bits per heavy atom. The summed E-state index contributed by atoms with van der Waals surface area (Å²) in [5.74, 6) is -15.6. The first-order valence-corrected chi connectivity index (χ1v) is 34.6. The maximum Gasteiger partial charge on any atom is 0.305 e. The SMILES string of the molecule is CCc1ccc(-c2ccc(C[C@H](NC(=O)[C@H](CC(=O)O)NC(=O)[C@H](CO)NC(=O)[C@@H](NC(=O)[C@](C)(Cc3ccccc3)NC(=O)[C@@H](NC(=O)CNC(=O)[C@H](CC(=O)O)NC(=O)[C@@H](C)NC(=O)[C@@H](N)Cc3cnc[nH]3)[C@@H](C)O)[C@@H](C)O)C(=O)N[C@@H](Cc3ccc(-c4ccccc4C)cc3)C(N)=O)cc2)c(CC)c1. The fourth-order valence-electron chi connectivity index (χ4n) is 11.5. The van der Waals surface area contributed by atoms with E-state index >= 15 is 0 Å². The molecule has 107 heavy (non-hydrogen) atoms. The summed E-state index contributed by atoms with van der Waals surface area (Å²) in [5, 5.41) is 75.4. The first-order valence-electron chi connectivity index (χ1n) is 34.6. The van der Waals surface area contributed by atoms with Crippen LogP contribution in [0.1, 0.15) is 93.5 Å². The van der Waals surface area contributed by atoms with Crippen LogP contribution in [0.25, 0.3) is 22.3 Å². The number of carbonyl (C=O) groups excluding carboxylic acids is 11. The summed E-state index contributed by atoms with van der Waals surface area (Å²) in [6, 6.07) is 20.9. The lowest BCUT2D eigenvalue weighted by atomic mass is 9.90. The highest BCUT2D eigenvalue weighted by molar-refractivity contribution is 6.01. The molecule has 0 saturated carbocycles. The molecule has 0 saturated heterocycles. The van der Waals surface area contributed by atoms with Crippen molar-refractivity contribution in [3.05, 3.63) is 173 Å². The minimum atomic E-state index is -2.18. The van der Waals surface area contributed by atoms with E-state index in [1.54, 1.807) is 54.6 Å². The van der Waals surface area contributed by atoms with Crippen LogP contribution in [0.2, 0.25) is 0 Å². The number of aryl methyl sites for hydroxylation is 3. The number of carboxylic acids is 2. The summed E-state index contributed by atoms with van der Waals surface area (Å²) >= 11 is 0. The number of H-pyrrole nitrogens is 1. The molecule has 0 aliphatic rings. The lowest BCUT2D eigenvalue weighted by Crippen LogP contribution is -2.67. The normalized spacial score (nSPS) is 14.8. The molecule has 32 nitrogen and oxygen atoms in total. The van der Waals surface area contributed by atoms with Crippen LogP contribution in [0.5, 0.6) is 0 Å². The van der Waals surface area contributed by atoms with E-state index in [0.717, 1.165) is 65.6 Å². The number of amides is 11. The summed E-state index contributed by atoms with van der Waals surface area (Å²) < 4.78 is 0. The van der Waals surface area contributed by atoms with Gasteiger partial charge in [-0.3, -0.25) is 62.3 Å². The molecule has 12 atom stereocenters. The highest BCUT2D eigenvalue weighted by Crippen LogP contribution is 2.28. The van der Waals surface area contributed by atoms with Gasteiger partial charge in [-0.25, -0.2) is 4.98 Å². The maximum atomic E-state index is 14.6. The Morgan fingerprint density at radius 2 is 1.04 bits per heavy atom. The van der Waals surface area contributed by atoms with Crippen LogP contribution >= 0.6 is 0 Å². The van der Waals surface area contributed by atoms with Gasteiger partial charge in [-0.15, -0.1) is 0 Å². The second kappa shape index (κ2) is 39.9. The number of nitrogens with one attached hydrogen (secondary N) is 11. The standard InChI is InChI=1S/C75H94N14O18/c1-8-44-23-28-53(48(9-2)29-44)50-26-21-46(22-27-50)31-56(69(102)82-55(65(77)98)30-45-19-24-49(25-20-45)52-18-14-13-15-40(52)3)84-70(103)58(34-62(96)97)85-71(104)59(38-90)86-72(105)63(42(5)91)88-74(107)75(7,35-47-16-11-10-12-17-47)89-73(106)64(43(6)92)87-60(93)37-79-68(101)57(33-61(94)95)83-66(99)41(4)81-67(100)54(76)32-51-36-78-39-80-51/h10-29,36,39,41-43,54-59,63-64,90-92H,8-9,30-35,37-38,76H2,1-7H3,(H2,77,98)(H,78,80)(H,79,101)(H,81,100)(H,82,102)(H,83,99)(H,84,103)(H,85,104)(H,86,105)(H,87,93)(H,88,107)(H,89,106)(H,94,95)(H,96,97)/t41-,42-,43-,54+,55+,56+,57+,58+,59+,63+,64+,75+/m1/s1. The number of carboxylic acid groups (broad SMARTS) is 2. The van der Waals surface area contributed by atoms with Crippen molar-refractivity contribution in [3.63, 3.8) is 0 Å². The average Bonchev–Trinajstić information content (AvgIpc) is 0.930. The molecular weight excluding hydrogens is 1380 g/mol. The topological polar surface area (TPSA) is 524 Å². The molecule has 6 rings (SSSR count). The molecule has 0 fully saturated rings. The zero-order valence-corrected chi connectivity index (χ0v) is 60.3. The molecule has 0 unspecified atom stereocenters. The van der Waals surface area contributed by atoms with Gasteiger partial charge in [-0.1, -0.05) is 135 Å². The number of aliphatic hydroxyl groups excluding tert-OH is 3. The predicted octanol–water partition coefficient (Wildman–Crippen LogP) is -1.15. The fourth-order valence-corrected chi connectivity index (χ4v) is 11.5. The van der Waals surface area contributed by atoms with Crippen molar-refractivity contribution in [2.24, 2.45) is 11.5 Å². The van der Waals surface area contributed by atoms with Crippen LogP contribution in [0.4, 0.5) is 0 Å². The van der Waals surface area contributed by atoms with E-state index < -0.39 is 175 Å². The van der Waals surface area contributed by atoms with Gasteiger partial charge >= 0.3 is 11.9 Å². The van der Waals surface area contributed by atoms with E-state index in [1.165, 1.54) is 26.4 Å². The highest BCUT2D eigenvalue weighted by Gasteiger charge is 2.42. The number of aromatic amines is 1. The number of aromatic nitrogens is 2. The number of nitrogens with zero attached hydrogens (tertiary/aromatic N) is 1. The molecule has 1 heterocycles. The van der Waals surface area contributed by atoms with Gasteiger partial charge in [-0.2, -0.15) is 0 Å². The molecule has 0 spiro atoms. The molecule has 0 radical (unpaired) electrons. The third-order valence-corrected chi connectivity index (χ3v) is 17.6. The Bertz CT molecular complexity index is 4120. The summed E-state index contributed by atoms with van der Waals surface area (Å²) in [5.41, 5.74) is 18.6. The van der Waals surface area contributed by atoms with E-state index in [-0.39, 0.29) is 25.7 Å². The number of benzene rings is 5. The second-order valence-electron chi connectivity index (χ2n) is 26.2. The van der Waals surface area contributed by atoms with Crippen molar-refractivity contribution in [1.29, 1.82) is 0 Å². The van der Waals surface area contributed by atoms with E-state index in [9.17, 15) is 87.9 Å². The van der Waals surface area contributed by atoms with Gasteiger partial charge in [0.2, 0.25) is 65.0 Å². The van der Waals surface area contributed by atoms with E-state index in [0.29, 0.717) is 22.4 Å². The Hall–Kier alpha value is -11.7. The molecule has 0 aliphatic carbocycles. The quantitative estimate of drug-likeness (QED) is 0.0216. The zero-order chi connectivity index (χ0) is 78.8. The van der Waals surface area contributed by atoms with E-state index in [2.05, 4.69) is 76.1 Å². The number of aliphatic hydroxyl groups is 3. The number of carbonyl (C=O) groups is 13. The van der Waals surface area contributed by atoms with E-state index in [4.69, 9.17) is 11.5 Å². The predicted molar refractivity (Wildman–Crippen MR) is 390 cm³/mol. The van der Waals surface area contributed by atoms with Gasteiger partial charge in [-0.05, 0) is 103 Å². The van der Waals surface area contributed by atoms with E-state index in [1.807, 2.05) is 74.5 Å². The first kappa shape index (κ1) is 84.2. The molecule has 0 bridgehead atoms. The van der Waals surface area contributed by atoms with Gasteiger partial charge in [0.15, 0.2) is 0 Å². The molecule has 0 aliphatic heterocycles. The monoisotopic (exact) mass is 1480 g/mol. The van der Waals surface area contributed by atoms with Gasteiger partial charge in [0, 0.05) is 37.6 Å². The third-order valence-electron chi connectivity index (χ3n) is 17.6. The Balaban J connectivity index is 1.16.